The predicted octanol–water partition coefficient (Wildman–Crippen LogP) is 4.83. The summed E-state index contributed by atoms with van der Waals surface area (Å²) in [6.07, 6.45) is 10.2. The van der Waals surface area contributed by atoms with Crippen LogP contribution in [0.25, 0.3) is 31.6 Å². The van der Waals surface area contributed by atoms with Crippen molar-refractivity contribution in [2.75, 3.05) is 11.9 Å². The Morgan fingerprint density at radius 3 is 2.24 bits per heavy atom. The minimum atomic E-state index is 0. The van der Waals surface area contributed by atoms with Crippen molar-refractivity contribution in [2.24, 2.45) is 0 Å². The highest BCUT2D eigenvalue weighted by molar-refractivity contribution is 7.29. The molecule has 2 aliphatic heterocycles. The summed E-state index contributed by atoms with van der Waals surface area (Å²) in [5.74, 6) is 0. The largest absolute Gasteiger partial charge is 0.348 e. The third kappa shape index (κ3) is 3.92. The SMILES string of the molecule is Cc1[nH]ncc1-c1cnc(-c2nc3sc(N(C)C4C[C@]5(C)CC[C@](C)(C4)N5)nc3s2)cn1.Cl. The number of rotatable bonds is 4. The van der Waals surface area contributed by atoms with Gasteiger partial charge in [-0.15, -0.1) is 12.4 Å². The molecule has 2 bridgehead atoms. The Morgan fingerprint density at radius 1 is 0.970 bits per heavy atom. The number of fused-ring (bicyclic) bond motifs is 3. The number of thiazole rings is 2. The van der Waals surface area contributed by atoms with Crippen molar-refractivity contribution in [1.29, 1.82) is 0 Å². The lowest BCUT2D eigenvalue weighted by atomic mass is 9.84. The van der Waals surface area contributed by atoms with Crippen LogP contribution in [0.15, 0.2) is 18.6 Å². The van der Waals surface area contributed by atoms with Gasteiger partial charge >= 0.3 is 0 Å². The van der Waals surface area contributed by atoms with Gasteiger partial charge in [0, 0.05) is 35.4 Å². The molecule has 0 aromatic carbocycles. The van der Waals surface area contributed by atoms with E-state index in [-0.39, 0.29) is 23.5 Å². The molecule has 0 amide bonds. The standard InChI is InChI=1S/C22H26N8S2.ClH/c1-12-14(9-25-28-12)15-10-24-16(11-23-15)17-26-18-19(31-17)27-20(32-18)30(4)13-7-21(2)5-6-22(3,8-13)29-21;/h9-11,13,29H,5-8H2,1-4H3,(H,25,28);1H/t13?,21-,22+;. The first-order valence-electron chi connectivity index (χ1n) is 10.9. The molecule has 33 heavy (non-hydrogen) atoms. The lowest BCUT2D eigenvalue weighted by Crippen LogP contribution is -2.58. The van der Waals surface area contributed by atoms with Gasteiger partial charge in [-0.1, -0.05) is 22.7 Å². The Hall–Kier alpha value is -2.14. The van der Waals surface area contributed by atoms with Crippen LogP contribution in [0, 0.1) is 6.92 Å². The maximum absolute atomic E-state index is 4.94. The number of aryl methyl sites for hydroxylation is 1. The minimum Gasteiger partial charge on any atom is -0.348 e. The van der Waals surface area contributed by atoms with E-state index >= 15 is 0 Å². The second-order valence-electron chi connectivity index (χ2n) is 9.74. The van der Waals surface area contributed by atoms with E-state index in [9.17, 15) is 0 Å². The second-order valence-corrected chi connectivity index (χ2v) is 11.7. The molecule has 11 heteroatoms. The predicted molar refractivity (Wildman–Crippen MR) is 136 cm³/mol. The Morgan fingerprint density at radius 2 is 1.64 bits per heavy atom. The van der Waals surface area contributed by atoms with Crippen molar-refractivity contribution in [3.63, 3.8) is 0 Å². The fourth-order valence-corrected chi connectivity index (χ4v) is 7.37. The molecule has 8 nitrogen and oxygen atoms in total. The Balaban J connectivity index is 0.00000228. The van der Waals surface area contributed by atoms with E-state index < -0.39 is 0 Å². The van der Waals surface area contributed by atoms with Crippen LogP contribution in [0.2, 0.25) is 0 Å². The Bertz CT molecular complexity index is 1250. The van der Waals surface area contributed by atoms with Crippen LogP contribution < -0.4 is 10.2 Å². The van der Waals surface area contributed by atoms with Gasteiger partial charge in [-0.05, 0) is 46.5 Å². The Kier molecular flexibility index (Phi) is 5.47. The Labute approximate surface area is 206 Å². The van der Waals surface area contributed by atoms with E-state index in [1.165, 1.54) is 12.8 Å². The molecule has 2 saturated heterocycles. The zero-order valence-electron chi connectivity index (χ0n) is 19.0. The maximum Gasteiger partial charge on any atom is 0.188 e. The topological polar surface area (TPSA) is 95.5 Å². The molecular formula is C22H27ClN8S2. The van der Waals surface area contributed by atoms with Gasteiger partial charge in [0.25, 0.3) is 0 Å². The molecule has 2 fully saturated rings. The number of anilines is 1. The van der Waals surface area contributed by atoms with Crippen LogP contribution in [0.5, 0.6) is 0 Å². The summed E-state index contributed by atoms with van der Waals surface area (Å²) in [7, 11) is 2.19. The van der Waals surface area contributed by atoms with Crippen LogP contribution >= 0.6 is 35.1 Å². The number of hydrogen-bond donors (Lipinski definition) is 2. The van der Waals surface area contributed by atoms with E-state index in [4.69, 9.17) is 9.97 Å². The van der Waals surface area contributed by atoms with Gasteiger partial charge in [-0.25, -0.2) is 15.0 Å². The summed E-state index contributed by atoms with van der Waals surface area (Å²) >= 11 is 3.25. The number of halogens is 1. The van der Waals surface area contributed by atoms with Crippen LogP contribution in [-0.2, 0) is 0 Å². The number of hydrogen-bond acceptors (Lipinski definition) is 9. The van der Waals surface area contributed by atoms with E-state index in [0.29, 0.717) is 6.04 Å². The normalized spacial score (nSPS) is 26.5. The van der Waals surface area contributed by atoms with Gasteiger partial charge in [0.1, 0.15) is 10.7 Å². The lowest BCUT2D eigenvalue weighted by Gasteiger charge is -2.45. The van der Waals surface area contributed by atoms with Gasteiger partial charge in [-0.2, -0.15) is 5.10 Å². The molecule has 2 N–H and O–H groups in total. The summed E-state index contributed by atoms with van der Waals surface area (Å²) in [6, 6.07) is 0.498. The second kappa shape index (κ2) is 7.97. The fourth-order valence-electron chi connectivity index (χ4n) is 5.33. The molecule has 0 saturated carbocycles. The first-order chi connectivity index (χ1) is 15.3. The number of nitrogens with one attached hydrogen (secondary N) is 2. The summed E-state index contributed by atoms with van der Waals surface area (Å²) in [5.41, 5.74) is 4.01. The van der Waals surface area contributed by atoms with Gasteiger partial charge in [0.15, 0.2) is 14.8 Å². The van der Waals surface area contributed by atoms with E-state index in [1.807, 2.05) is 6.92 Å². The maximum atomic E-state index is 4.94. The van der Waals surface area contributed by atoms with Crippen molar-refractivity contribution in [2.45, 2.75) is 63.6 Å². The van der Waals surface area contributed by atoms with E-state index in [1.54, 1.807) is 41.3 Å². The van der Waals surface area contributed by atoms with Crippen LogP contribution in [-0.4, -0.2) is 54.3 Å². The molecular weight excluding hydrogens is 476 g/mol. The molecule has 0 radical (unpaired) electrons. The molecule has 0 spiro atoms. The molecule has 4 aromatic heterocycles. The highest BCUT2D eigenvalue weighted by Crippen LogP contribution is 2.45. The number of aromatic nitrogens is 6. The number of H-pyrrole nitrogens is 1. The van der Waals surface area contributed by atoms with Crippen LogP contribution in [0.1, 0.15) is 45.2 Å². The van der Waals surface area contributed by atoms with Crippen LogP contribution in [0.3, 0.4) is 0 Å². The molecule has 0 aliphatic carbocycles. The fraction of sp³-hybridized carbons (Fsp3) is 0.500. The lowest BCUT2D eigenvalue weighted by molar-refractivity contribution is 0.208. The van der Waals surface area contributed by atoms with Crippen molar-refractivity contribution >= 4 is 49.9 Å². The monoisotopic (exact) mass is 502 g/mol. The smallest absolute Gasteiger partial charge is 0.188 e. The van der Waals surface area contributed by atoms with E-state index in [2.05, 4.69) is 51.3 Å². The van der Waals surface area contributed by atoms with Gasteiger partial charge < -0.3 is 10.2 Å². The zero-order valence-corrected chi connectivity index (χ0v) is 21.5. The van der Waals surface area contributed by atoms with E-state index in [0.717, 1.165) is 55.3 Å². The molecule has 3 atom stereocenters. The van der Waals surface area contributed by atoms with Gasteiger partial charge in [0.05, 0.1) is 24.3 Å². The highest BCUT2D eigenvalue weighted by Gasteiger charge is 2.49. The summed E-state index contributed by atoms with van der Waals surface area (Å²) in [5, 5.41) is 12.8. The summed E-state index contributed by atoms with van der Waals surface area (Å²) < 4.78 is 0. The third-order valence-electron chi connectivity index (χ3n) is 7.00. The van der Waals surface area contributed by atoms with Crippen molar-refractivity contribution in [1.82, 2.24) is 35.5 Å². The van der Waals surface area contributed by atoms with Gasteiger partial charge in [0.2, 0.25) is 0 Å². The van der Waals surface area contributed by atoms with Crippen molar-refractivity contribution < 1.29 is 0 Å². The average Bonchev–Trinajstić information content (AvgIpc) is 3.49. The molecule has 4 aromatic rings. The number of nitrogens with zero attached hydrogens (tertiary/aromatic N) is 6. The molecule has 6 rings (SSSR count). The van der Waals surface area contributed by atoms with Gasteiger partial charge in [-0.3, -0.25) is 10.1 Å². The minimum absolute atomic E-state index is 0. The summed E-state index contributed by atoms with van der Waals surface area (Å²) in [4.78, 5) is 23.2. The molecule has 6 heterocycles. The molecule has 1 unspecified atom stereocenters. The highest BCUT2D eigenvalue weighted by atomic mass is 35.5. The zero-order chi connectivity index (χ0) is 22.1. The number of aromatic amines is 1. The van der Waals surface area contributed by atoms with Crippen molar-refractivity contribution in [3.8, 4) is 22.0 Å². The summed E-state index contributed by atoms with van der Waals surface area (Å²) in [6.45, 7) is 6.71. The first-order valence-corrected chi connectivity index (χ1v) is 12.6. The number of piperidine rings is 1. The average molecular weight is 503 g/mol. The quantitative estimate of drug-likeness (QED) is 0.412. The van der Waals surface area contributed by atoms with Crippen molar-refractivity contribution in [3.05, 3.63) is 24.3 Å². The third-order valence-corrected chi connectivity index (χ3v) is 9.14. The van der Waals surface area contributed by atoms with Crippen LogP contribution in [0.4, 0.5) is 5.13 Å². The first kappa shape index (κ1) is 22.6. The molecule has 174 valence electrons. The molecule has 2 aliphatic rings.